The zero-order chi connectivity index (χ0) is 19.1. The van der Waals surface area contributed by atoms with Crippen LogP contribution in [0.5, 0.6) is 11.5 Å². The minimum atomic E-state index is -0.255. The Morgan fingerprint density at radius 2 is 1.41 bits per heavy atom. The summed E-state index contributed by atoms with van der Waals surface area (Å²) in [5.41, 5.74) is 1.13. The molecule has 5 heteroatoms. The highest BCUT2D eigenvalue weighted by Crippen LogP contribution is 2.33. The molecule has 0 atom stereocenters. The predicted molar refractivity (Wildman–Crippen MR) is 107 cm³/mol. The molecule has 0 radical (unpaired) electrons. The number of hydrogen-bond donors (Lipinski definition) is 1. The van der Waals surface area contributed by atoms with Gasteiger partial charge in [-0.25, -0.2) is 0 Å². The van der Waals surface area contributed by atoms with Crippen LogP contribution in [-0.2, 0) is 4.79 Å². The molecule has 0 aliphatic carbocycles. The normalized spacial score (nSPS) is 10.3. The van der Waals surface area contributed by atoms with E-state index < -0.39 is 0 Å². The van der Waals surface area contributed by atoms with Crippen LogP contribution < -0.4 is 10.1 Å². The van der Waals surface area contributed by atoms with E-state index in [0.717, 1.165) is 0 Å². The number of para-hydroxylation sites is 3. The number of nitrogens with one attached hydrogen (secondary N) is 1. The number of ketones is 1. The van der Waals surface area contributed by atoms with Crippen molar-refractivity contribution in [1.82, 2.24) is 0 Å². The van der Waals surface area contributed by atoms with Crippen LogP contribution in [0.2, 0.25) is 5.02 Å². The Morgan fingerprint density at radius 3 is 2.15 bits per heavy atom. The molecule has 0 aromatic heterocycles. The molecule has 27 heavy (non-hydrogen) atoms. The number of carbonyl (C=O) groups excluding carboxylic acids is 2. The number of halogens is 1. The predicted octanol–water partition coefficient (Wildman–Crippen LogP) is 5.73. The lowest BCUT2D eigenvalue weighted by Gasteiger charge is -2.13. The van der Waals surface area contributed by atoms with Gasteiger partial charge in [0, 0.05) is 18.4 Å². The van der Waals surface area contributed by atoms with Gasteiger partial charge in [0.25, 0.3) is 0 Å². The Kier molecular flexibility index (Phi) is 6.23. The highest BCUT2D eigenvalue weighted by Gasteiger charge is 2.12. The molecule has 1 amide bonds. The third-order valence-electron chi connectivity index (χ3n) is 3.89. The van der Waals surface area contributed by atoms with Gasteiger partial charge in [0.05, 0.1) is 10.7 Å². The lowest BCUT2D eigenvalue weighted by molar-refractivity contribution is -0.116. The van der Waals surface area contributed by atoms with Crippen LogP contribution in [0.3, 0.4) is 0 Å². The third kappa shape index (κ3) is 5.19. The number of ether oxygens (including phenoxy) is 1. The molecule has 0 fully saturated rings. The molecule has 0 heterocycles. The molecule has 3 rings (SSSR count). The second kappa shape index (κ2) is 9.01. The zero-order valence-electron chi connectivity index (χ0n) is 14.5. The first-order valence-electron chi connectivity index (χ1n) is 8.53. The number of amides is 1. The summed E-state index contributed by atoms with van der Waals surface area (Å²) in [4.78, 5) is 24.4. The molecule has 136 valence electrons. The number of anilines is 1. The summed E-state index contributed by atoms with van der Waals surface area (Å²) >= 11 is 6.13. The third-order valence-corrected chi connectivity index (χ3v) is 4.20. The summed E-state index contributed by atoms with van der Waals surface area (Å²) < 4.78 is 5.82. The molecule has 4 nitrogen and oxygen atoms in total. The second-order valence-corrected chi connectivity index (χ2v) is 6.27. The first kappa shape index (κ1) is 18.7. The first-order valence-corrected chi connectivity index (χ1v) is 8.91. The average molecular weight is 380 g/mol. The van der Waals surface area contributed by atoms with Crippen LogP contribution in [-0.4, -0.2) is 11.7 Å². The minimum Gasteiger partial charge on any atom is -0.454 e. The van der Waals surface area contributed by atoms with Crippen molar-refractivity contribution in [3.05, 3.63) is 89.4 Å². The largest absolute Gasteiger partial charge is 0.454 e. The standard InChI is InChI=1S/C22H18ClNO3/c23-17-10-4-6-12-20(17)27-21-13-7-5-11-18(21)24-22(26)15-14-19(25)16-8-2-1-3-9-16/h1-13H,14-15H2,(H,24,26). The summed E-state index contributed by atoms with van der Waals surface area (Å²) in [6.07, 6.45) is 0.234. The highest BCUT2D eigenvalue weighted by molar-refractivity contribution is 6.32. The van der Waals surface area contributed by atoms with Gasteiger partial charge in [0.1, 0.15) is 5.75 Å². The highest BCUT2D eigenvalue weighted by atomic mass is 35.5. The van der Waals surface area contributed by atoms with E-state index in [1.54, 1.807) is 60.7 Å². The Balaban J connectivity index is 1.63. The van der Waals surface area contributed by atoms with Gasteiger partial charge >= 0.3 is 0 Å². The van der Waals surface area contributed by atoms with Crippen LogP contribution in [0.15, 0.2) is 78.9 Å². The number of rotatable bonds is 7. The lowest BCUT2D eigenvalue weighted by Crippen LogP contribution is -2.14. The molecule has 0 saturated carbocycles. The van der Waals surface area contributed by atoms with Crippen molar-refractivity contribution in [3.63, 3.8) is 0 Å². The first-order chi connectivity index (χ1) is 13.1. The number of Topliss-reactive ketones (excluding diaryl/α,β-unsaturated/α-hetero) is 1. The summed E-state index contributed by atoms with van der Waals surface area (Å²) in [5, 5.41) is 3.28. The van der Waals surface area contributed by atoms with Crippen LogP contribution >= 0.6 is 11.6 Å². The van der Waals surface area contributed by atoms with Gasteiger partial charge in [-0.1, -0.05) is 66.2 Å². The monoisotopic (exact) mass is 379 g/mol. The van der Waals surface area contributed by atoms with E-state index in [9.17, 15) is 9.59 Å². The maximum atomic E-state index is 12.3. The van der Waals surface area contributed by atoms with Crippen molar-refractivity contribution >= 4 is 29.0 Å². The number of benzene rings is 3. The smallest absolute Gasteiger partial charge is 0.224 e. The Bertz CT molecular complexity index is 941. The molecule has 0 unspecified atom stereocenters. The molecule has 1 N–H and O–H groups in total. The summed E-state index contributed by atoms with van der Waals surface area (Å²) in [6, 6.07) is 23.1. The maximum Gasteiger partial charge on any atom is 0.224 e. The molecular weight excluding hydrogens is 362 g/mol. The van der Waals surface area contributed by atoms with E-state index in [1.165, 1.54) is 0 Å². The van der Waals surface area contributed by atoms with Crippen molar-refractivity contribution in [1.29, 1.82) is 0 Å². The zero-order valence-corrected chi connectivity index (χ0v) is 15.3. The molecule has 0 aliphatic rings. The SMILES string of the molecule is O=C(CCC(=O)c1ccccc1)Nc1ccccc1Oc1ccccc1Cl. The van der Waals surface area contributed by atoms with Gasteiger partial charge in [-0.15, -0.1) is 0 Å². The lowest BCUT2D eigenvalue weighted by atomic mass is 10.1. The van der Waals surface area contributed by atoms with Gasteiger partial charge in [-0.05, 0) is 24.3 Å². The molecule has 3 aromatic rings. The minimum absolute atomic E-state index is 0.0636. The molecular formula is C22H18ClNO3. The molecule has 0 aliphatic heterocycles. The van der Waals surface area contributed by atoms with Gasteiger partial charge in [0.15, 0.2) is 11.5 Å². The van der Waals surface area contributed by atoms with E-state index in [1.807, 2.05) is 18.2 Å². The van der Waals surface area contributed by atoms with Crippen LogP contribution in [0.1, 0.15) is 23.2 Å². The number of hydrogen-bond acceptors (Lipinski definition) is 3. The van der Waals surface area contributed by atoms with Crippen molar-refractivity contribution in [2.24, 2.45) is 0 Å². The van der Waals surface area contributed by atoms with E-state index in [2.05, 4.69) is 5.32 Å². The van der Waals surface area contributed by atoms with Crippen LogP contribution in [0.4, 0.5) is 5.69 Å². The second-order valence-electron chi connectivity index (χ2n) is 5.87. The topological polar surface area (TPSA) is 55.4 Å². The number of carbonyl (C=O) groups is 2. The summed E-state index contributed by atoms with van der Waals surface area (Å²) in [5.74, 6) is 0.661. The van der Waals surface area contributed by atoms with Gasteiger partial charge in [0.2, 0.25) is 5.91 Å². The Hall–Kier alpha value is -3.11. The molecule has 0 spiro atoms. The van der Waals surface area contributed by atoms with Gasteiger partial charge in [-0.3, -0.25) is 9.59 Å². The summed E-state index contributed by atoms with van der Waals surface area (Å²) in [7, 11) is 0. The average Bonchev–Trinajstić information content (AvgIpc) is 2.70. The van der Waals surface area contributed by atoms with E-state index in [-0.39, 0.29) is 24.5 Å². The molecule has 0 bridgehead atoms. The fourth-order valence-corrected chi connectivity index (χ4v) is 2.69. The molecule has 0 saturated heterocycles. The van der Waals surface area contributed by atoms with Gasteiger partial charge in [-0.2, -0.15) is 0 Å². The van der Waals surface area contributed by atoms with Crippen molar-refractivity contribution in [2.75, 3.05) is 5.32 Å². The Morgan fingerprint density at radius 1 is 0.778 bits per heavy atom. The quantitative estimate of drug-likeness (QED) is 0.533. The van der Waals surface area contributed by atoms with E-state index >= 15 is 0 Å². The summed E-state index contributed by atoms with van der Waals surface area (Å²) in [6.45, 7) is 0. The fraction of sp³-hybridized carbons (Fsp3) is 0.0909. The van der Waals surface area contributed by atoms with E-state index in [4.69, 9.17) is 16.3 Å². The van der Waals surface area contributed by atoms with Crippen LogP contribution in [0, 0.1) is 0 Å². The fourth-order valence-electron chi connectivity index (χ4n) is 2.51. The van der Waals surface area contributed by atoms with Crippen molar-refractivity contribution in [3.8, 4) is 11.5 Å². The Labute approximate surface area is 162 Å². The van der Waals surface area contributed by atoms with Gasteiger partial charge < -0.3 is 10.1 Å². The molecule has 3 aromatic carbocycles. The van der Waals surface area contributed by atoms with Crippen molar-refractivity contribution < 1.29 is 14.3 Å². The maximum absolute atomic E-state index is 12.3. The van der Waals surface area contributed by atoms with Crippen LogP contribution in [0.25, 0.3) is 0 Å². The van der Waals surface area contributed by atoms with E-state index in [0.29, 0.717) is 27.8 Å². The van der Waals surface area contributed by atoms with Crippen molar-refractivity contribution in [2.45, 2.75) is 12.8 Å².